The SMILES string of the molecule is O=C(O)CC(NC(=O)c1cnc(-c2ccsc2)s1)c1ccccc1. The molecule has 1 amide bonds. The first-order valence-corrected chi connectivity index (χ1v) is 8.95. The van der Waals surface area contributed by atoms with Crippen LogP contribution in [0.4, 0.5) is 0 Å². The molecule has 0 bridgehead atoms. The van der Waals surface area contributed by atoms with Gasteiger partial charge in [-0.3, -0.25) is 9.59 Å². The molecule has 1 atom stereocenters. The predicted octanol–water partition coefficient (Wildman–Crippen LogP) is 3.82. The van der Waals surface area contributed by atoms with Crippen molar-refractivity contribution in [3.8, 4) is 10.6 Å². The largest absolute Gasteiger partial charge is 0.481 e. The molecule has 0 spiro atoms. The fourth-order valence-electron chi connectivity index (χ4n) is 2.24. The topological polar surface area (TPSA) is 79.3 Å². The number of thiophene rings is 1. The number of carboxylic acids is 1. The summed E-state index contributed by atoms with van der Waals surface area (Å²) in [4.78, 5) is 28.3. The van der Waals surface area contributed by atoms with Crippen molar-refractivity contribution in [3.63, 3.8) is 0 Å². The van der Waals surface area contributed by atoms with Crippen LogP contribution in [-0.2, 0) is 4.79 Å². The fraction of sp³-hybridized carbons (Fsp3) is 0.118. The van der Waals surface area contributed by atoms with Gasteiger partial charge in [0, 0.05) is 10.9 Å². The van der Waals surface area contributed by atoms with E-state index in [-0.39, 0.29) is 12.3 Å². The summed E-state index contributed by atoms with van der Waals surface area (Å²) in [5.41, 5.74) is 1.74. The molecule has 1 unspecified atom stereocenters. The minimum Gasteiger partial charge on any atom is -0.481 e. The lowest BCUT2D eigenvalue weighted by Crippen LogP contribution is -2.29. The van der Waals surface area contributed by atoms with E-state index in [2.05, 4.69) is 10.3 Å². The highest BCUT2D eigenvalue weighted by Crippen LogP contribution is 2.27. The Morgan fingerprint density at radius 1 is 1.21 bits per heavy atom. The molecule has 0 saturated carbocycles. The van der Waals surface area contributed by atoms with E-state index in [0.29, 0.717) is 4.88 Å². The van der Waals surface area contributed by atoms with E-state index in [9.17, 15) is 9.59 Å². The average Bonchev–Trinajstić information content (AvgIpc) is 3.25. The minimum absolute atomic E-state index is 0.175. The van der Waals surface area contributed by atoms with Crippen LogP contribution in [-0.4, -0.2) is 22.0 Å². The van der Waals surface area contributed by atoms with Crippen LogP contribution in [0.25, 0.3) is 10.6 Å². The Morgan fingerprint density at radius 2 is 2.00 bits per heavy atom. The van der Waals surface area contributed by atoms with Gasteiger partial charge in [-0.15, -0.1) is 11.3 Å². The molecule has 2 N–H and O–H groups in total. The molecule has 0 aliphatic carbocycles. The first kappa shape index (κ1) is 16.4. The summed E-state index contributed by atoms with van der Waals surface area (Å²) in [6.07, 6.45) is 1.35. The van der Waals surface area contributed by atoms with E-state index in [0.717, 1.165) is 16.1 Å². The number of aromatic nitrogens is 1. The van der Waals surface area contributed by atoms with Crippen LogP contribution in [0.2, 0.25) is 0 Å². The number of carbonyl (C=O) groups excluding carboxylic acids is 1. The van der Waals surface area contributed by atoms with Crippen LogP contribution in [0.5, 0.6) is 0 Å². The van der Waals surface area contributed by atoms with Gasteiger partial charge in [-0.05, 0) is 17.0 Å². The van der Waals surface area contributed by atoms with Gasteiger partial charge in [0.25, 0.3) is 5.91 Å². The van der Waals surface area contributed by atoms with Crippen molar-refractivity contribution < 1.29 is 14.7 Å². The number of benzene rings is 1. The van der Waals surface area contributed by atoms with Gasteiger partial charge in [0.2, 0.25) is 0 Å². The quantitative estimate of drug-likeness (QED) is 0.702. The highest BCUT2D eigenvalue weighted by atomic mass is 32.1. The minimum atomic E-state index is -0.965. The third kappa shape index (κ3) is 3.87. The molecule has 0 radical (unpaired) electrons. The summed E-state index contributed by atoms with van der Waals surface area (Å²) in [5.74, 6) is -1.28. The number of carboxylic acid groups (broad SMARTS) is 1. The number of rotatable bonds is 6. The maximum atomic E-state index is 12.5. The van der Waals surface area contributed by atoms with Crippen molar-refractivity contribution in [2.24, 2.45) is 0 Å². The maximum Gasteiger partial charge on any atom is 0.305 e. The number of hydrogen-bond donors (Lipinski definition) is 2. The molecule has 2 heterocycles. The number of amides is 1. The normalized spacial score (nSPS) is 11.8. The summed E-state index contributed by atoms with van der Waals surface area (Å²) >= 11 is 2.86. The molecule has 0 fully saturated rings. The zero-order chi connectivity index (χ0) is 16.9. The van der Waals surface area contributed by atoms with Gasteiger partial charge in [-0.1, -0.05) is 30.3 Å². The lowest BCUT2D eigenvalue weighted by atomic mass is 10.0. The molecular formula is C17H14N2O3S2. The van der Waals surface area contributed by atoms with Crippen molar-refractivity contribution in [2.75, 3.05) is 0 Å². The van der Waals surface area contributed by atoms with Gasteiger partial charge >= 0.3 is 5.97 Å². The van der Waals surface area contributed by atoms with E-state index >= 15 is 0 Å². The first-order chi connectivity index (χ1) is 11.6. The molecule has 2 aromatic heterocycles. The van der Waals surface area contributed by atoms with Crippen molar-refractivity contribution in [2.45, 2.75) is 12.5 Å². The molecule has 7 heteroatoms. The van der Waals surface area contributed by atoms with Crippen molar-refractivity contribution >= 4 is 34.6 Å². The molecule has 3 aromatic rings. The van der Waals surface area contributed by atoms with Crippen LogP contribution in [0.15, 0.2) is 53.4 Å². The molecule has 122 valence electrons. The monoisotopic (exact) mass is 358 g/mol. The number of thiazole rings is 1. The molecule has 3 rings (SSSR count). The van der Waals surface area contributed by atoms with E-state index in [1.165, 1.54) is 17.5 Å². The predicted molar refractivity (Wildman–Crippen MR) is 94.3 cm³/mol. The highest BCUT2D eigenvalue weighted by Gasteiger charge is 2.20. The summed E-state index contributed by atoms with van der Waals surface area (Å²) in [7, 11) is 0. The van der Waals surface area contributed by atoms with Gasteiger partial charge in [0.15, 0.2) is 0 Å². The first-order valence-electron chi connectivity index (χ1n) is 7.19. The zero-order valence-electron chi connectivity index (χ0n) is 12.5. The Balaban J connectivity index is 1.77. The molecule has 0 saturated heterocycles. The second-order valence-electron chi connectivity index (χ2n) is 5.08. The summed E-state index contributed by atoms with van der Waals surface area (Å²) in [6.45, 7) is 0. The lowest BCUT2D eigenvalue weighted by Gasteiger charge is -2.16. The van der Waals surface area contributed by atoms with Crippen LogP contribution in [0.3, 0.4) is 0 Å². The van der Waals surface area contributed by atoms with Crippen molar-refractivity contribution in [1.29, 1.82) is 0 Å². The van der Waals surface area contributed by atoms with E-state index in [4.69, 9.17) is 5.11 Å². The molecule has 5 nitrogen and oxygen atoms in total. The van der Waals surface area contributed by atoms with Gasteiger partial charge < -0.3 is 10.4 Å². The second-order valence-corrected chi connectivity index (χ2v) is 6.89. The highest BCUT2D eigenvalue weighted by molar-refractivity contribution is 7.17. The molecule has 24 heavy (non-hydrogen) atoms. The third-order valence-electron chi connectivity index (χ3n) is 3.38. The Bertz CT molecular complexity index is 829. The maximum absolute atomic E-state index is 12.5. The number of nitrogens with one attached hydrogen (secondary N) is 1. The Morgan fingerprint density at radius 3 is 2.67 bits per heavy atom. The van der Waals surface area contributed by atoms with Crippen LogP contribution in [0, 0.1) is 0 Å². The number of carbonyl (C=O) groups is 2. The fourth-order valence-corrected chi connectivity index (χ4v) is 3.77. The van der Waals surface area contributed by atoms with E-state index < -0.39 is 12.0 Å². The van der Waals surface area contributed by atoms with Crippen LogP contribution in [0.1, 0.15) is 27.7 Å². The number of hydrogen-bond acceptors (Lipinski definition) is 5. The summed E-state index contributed by atoms with van der Waals surface area (Å²) < 4.78 is 0. The van der Waals surface area contributed by atoms with Gasteiger partial charge in [0.1, 0.15) is 9.88 Å². The number of aliphatic carboxylic acids is 1. The molecule has 1 aromatic carbocycles. The number of nitrogens with zero attached hydrogens (tertiary/aromatic N) is 1. The second kappa shape index (κ2) is 7.37. The molecule has 0 aliphatic heterocycles. The van der Waals surface area contributed by atoms with Crippen molar-refractivity contribution in [1.82, 2.24) is 10.3 Å². The van der Waals surface area contributed by atoms with Crippen molar-refractivity contribution in [3.05, 3.63) is 63.8 Å². The van der Waals surface area contributed by atoms with Gasteiger partial charge in [0.05, 0.1) is 18.7 Å². The standard InChI is InChI=1S/C17H14N2O3S2/c20-15(21)8-13(11-4-2-1-3-5-11)19-16(22)14-9-18-17(24-14)12-6-7-23-10-12/h1-7,9-10,13H,8H2,(H,19,22)(H,20,21). The third-order valence-corrected chi connectivity index (χ3v) is 5.11. The van der Waals surface area contributed by atoms with Crippen LogP contribution < -0.4 is 5.32 Å². The van der Waals surface area contributed by atoms with E-state index in [1.807, 2.05) is 35.0 Å². The average molecular weight is 358 g/mol. The summed E-state index contributed by atoms with van der Waals surface area (Å²) in [6, 6.07) is 10.5. The van der Waals surface area contributed by atoms with E-state index in [1.54, 1.807) is 23.5 Å². The van der Waals surface area contributed by atoms with Gasteiger partial charge in [-0.25, -0.2) is 4.98 Å². The zero-order valence-corrected chi connectivity index (χ0v) is 14.1. The molecular weight excluding hydrogens is 344 g/mol. The summed E-state index contributed by atoms with van der Waals surface area (Å²) in [5, 5.41) is 16.6. The molecule has 0 aliphatic rings. The lowest BCUT2D eigenvalue weighted by molar-refractivity contribution is -0.137. The smallest absolute Gasteiger partial charge is 0.305 e. The Labute approximate surface area is 146 Å². The van der Waals surface area contributed by atoms with Gasteiger partial charge in [-0.2, -0.15) is 11.3 Å². The Kier molecular flexibility index (Phi) is 5.02. The van der Waals surface area contributed by atoms with Crippen LogP contribution >= 0.6 is 22.7 Å². The Hall–Kier alpha value is -2.51.